The molecule has 0 aliphatic heterocycles. The molecule has 0 rings (SSSR count). The van der Waals surface area contributed by atoms with E-state index in [1.54, 1.807) is 0 Å². The Morgan fingerprint density at radius 1 is 0.303 bits per heavy atom. The summed E-state index contributed by atoms with van der Waals surface area (Å²) in [7, 11) is 0. The second kappa shape index (κ2) is 64.0. The number of aliphatic hydroxyl groups is 1. The highest BCUT2D eigenvalue weighted by Crippen LogP contribution is 2.13. The molecule has 0 aliphatic carbocycles. The lowest BCUT2D eigenvalue weighted by Gasteiger charge is -2.15. The van der Waals surface area contributed by atoms with Crippen molar-refractivity contribution >= 4 is 11.9 Å². The first-order valence-electron chi connectivity index (χ1n) is 30.0. The fourth-order valence-electron chi connectivity index (χ4n) is 7.47. The Kier molecular flexibility index (Phi) is 59.6. The van der Waals surface area contributed by atoms with Crippen LogP contribution in [-0.4, -0.2) is 36.4 Å². The maximum Gasteiger partial charge on any atom is 0.306 e. The first-order valence-corrected chi connectivity index (χ1v) is 30.0. The Morgan fingerprint density at radius 2 is 0.526 bits per heavy atom. The fourth-order valence-corrected chi connectivity index (χ4v) is 7.47. The van der Waals surface area contributed by atoms with Gasteiger partial charge in [0.25, 0.3) is 0 Å². The van der Waals surface area contributed by atoms with Crippen molar-refractivity contribution in [3.63, 3.8) is 0 Å². The smallest absolute Gasteiger partial charge is 0.306 e. The second-order valence-electron chi connectivity index (χ2n) is 19.0. The number of hydrogen-bond donors (Lipinski definition) is 1. The molecule has 0 fully saturated rings. The Bertz CT molecular complexity index is 1800. The standard InChI is InChI=1S/C71H108O5/c1-3-5-7-9-11-13-15-17-19-21-23-25-27-29-30-31-32-33-34-35-36-37-38-39-40-42-44-46-48-50-52-54-56-58-60-62-64-66-71(74)76-69(67-72)68-75-70(73)65-63-61-59-57-55-53-51-49-47-45-43-41-28-26-24-22-20-18-16-14-12-10-8-6-4-2/h5-8,11-14,17-20,23-26,29-30,32-33,35-36,38-39,41-44,47,49,53,55,69,72H,3-4,9-10,15-16,21-22,27-28,31,34,37,40,45-46,48,50-52,54,56-68H2,1-2H3/b7-5-,8-6-,13-11-,14-12-,19-17-,20-18-,25-23-,26-24-,30-29-,33-32-,36-35-,39-38-,43-41-,44-42-,49-47-,55-53-. The molecule has 0 aliphatic rings. The maximum atomic E-state index is 12.3. The summed E-state index contributed by atoms with van der Waals surface area (Å²) in [6.45, 7) is 3.86. The number of unbranched alkanes of at least 4 members (excludes halogenated alkanes) is 12. The summed E-state index contributed by atoms with van der Waals surface area (Å²) in [4.78, 5) is 24.6. The summed E-state index contributed by atoms with van der Waals surface area (Å²) in [5.41, 5.74) is 0. The number of aliphatic hydroxyl groups excluding tert-OH is 1. The van der Waals surface area contributed by atoms with Gasteiger partial charge in [-0.05, 0) is 141 Å². The number of carbonyl (C=O) groups is 2. The molecule has 0 saturated heterocycles. The number of esters is 2. The summed E-state index contributed by atoms with van der Waals surface area (Å²) in [5.74, 6) is -0.652. The Balaban J connectivity index is 3.66. The van der Waals surface area contributed by atoms with E-state index >= 15 is 0 Å². The van der Waals surface area contributed by atoms with Crippen molar-refractivity contribution in [2.24, 2.45) is 0 Å². The number of allylic oxidation sites excluding steroid dienone is 32. The van der Waals surface area contributed by atoms with Gasteiger partial charge < -0.3 is 14.6 Å². The monoisotopic (exact) mass is 1040 g/mol. The van der Waals surface area contributed by atoms with Crippen molar-refractivity contribution in [1.82, 2.24) is 0 Å². The lowest BCUT2D eigenvalue weighted by Crippen LogP contribution is -2.28. The zero-order valence-electron chi connectivity index (χ0n) is 48.2. The van der Waals surface area contributed by atoms with E-state index in [2.05, 4.69) is 208 Å². The predicted octanol–water partition coefficient (Wildman–Crippen LogP) is 20.9. The van der Waals surface area contributed by atoms with Crippen LogP contribution in [0.1, 0.15) is 219 Å². The molecule has 422 valence electrons. The van der Waals surface area contributed by atoms with Crippen LogP contribution >= 0.6 is 0 Å². The summed E-state index contributed by atoms with van der Waals surface area (Å²) < 4.78 is 10.7. The first kappa shape index (κ1) is 70.7. The van der Waals surface area contributed by atoms with Crippen LogP contribution in [-0.2, 0) is 19.1 Å². The average molecular weight is 1040 g/mol. The molecule has 5 heteroatoms. The third-order valence-corrected chi connectivity index (χ3v) is 11.9. The number of carbonyl (C=O) groups excluding carboxylic acids is 2. The highest BCUT2D eigenvalue weighted by Gasteiger charge is 2.16. The molecular formula is C71H108O5. The molecule has 1 unspecified atom stereocenters. The second-order valence-corrected chi connectivity index (χ2v) is 19.0. The van der Waals surface area contributed by atoms with Crippen molar-refractivity contribution < 1.29 is 24.2 Å². The Morgan fingerprint density at radius 3 is 0.803 bits per heavy atom. The van der Waals surface area contributed by atoms with Gasteiger partial charge in [-0.2, -0.15) is 0 Å². The summed E-state index contributed by atoms with van der Waals surface area (Å²) >= 11 is 0. The van der Waals surface area contributed by atoms with E-state index in [0.29, 0.717) is 12.8 Å². The zero-order chi connectivity index (χ0) is 54.8. The third-order valence-electron chi connectivity index (χ3n) is 11.9. The van der Waals surface area contributed by atoms with Gasteiger partial charge >= 0.3 is 11.9 Å². The van der Waals surface area contributed by atoms with Crippen molar-refractivity contribution in [1.29, 1.82) is 0 Å². The summed E-state index contributed by atoms with van der Waals surface area (Å²) in [5, 5.41) is 9.66. The Labute approximate surface area is 467 Å². The maximum absolute atomic E-state index is 12.3. The van der Waals surface area contributed by atoms with Gasteiger partial charge in [-0.15, -0.1) is 0 Å². The van der Waals surface area contributed by atoms with Crippen LogP contribution in [0.2, 0.25) is 0 Å². The van der Waals surface area contributed by atoms with Crippen molar-refractivity contribution in [2.45, 2.75) is 225 Å². The third kappa shape index (κ3) is 61.3. The zero-order valence-corrected chi connectivity index (χ0v) is 48.2. The summed E-state index contributed by atoms with van der Waals surface area (Å²) in [6, 6.07) is 0. The van der Waals surface area contributed by atoms with Crippen LogP contribution in [0.15, 0.2) is 194 Å². The lowest BCUT2D eigenvalue weighted by molar-refractivity contribution is -0.161. The van der Waals surface area contributed by atoms with Gasteiger partial charge in [-0.25, -0.2) is 0 Å². The molecule has 1 atom stereocenters. The average Bonchev–Trinajstić information content (AvgIpc) is 3.42. The molecule has 0 amide bonds. The molecule has 76 heavy (non-hydrogen) atoms. The molecule has 0 radical (unpaired) electrons. The normalized spacial score (nSPS) is 13.7. The largest absolute Gasteiger partial charge is 0.462 e. The van der Waals surface area contributed by atoms with Gasteiger partial charge in [0.2, 0.25) is 0 Å². The van der Waals surface area contributed by atoms with E-state index < -0.39 is 6.10 Å². The SMILES string of the molecule is CC/C=C\C/C=C\C/C=C\C/C=C\C/C=C\C/C=C\C/C=C\C/C=C\C/C=C\CCCCCCCCCCCC(=O)OC(CO)COC(=O)CCCCC/C=C\C/C=C\C/C=C\C/C=C\C/C=C\C/C=C\C/C=C\CC. The van der Waals surface area contributed by atoms with Gasteiger partial charge in [0, 0.05) is 12.8 Å². The van der Waals surface area contributed by atoms with Crippen LogP contribution < -0.4 is 0 Å². The van der Waals surface area contributed by atoms with Crippen LogP contribution in [0.3, 0.4) is 0 Å². The molecule has 5 nitrogen and oxygen atoms in total. The highest BCUT2D eigenvalue weighted by atomic mass is 16.6. The minimum absolute atomic E-state index is 0.0994. The molecule has 0 spiro atoms. The lowest BCUT2D eigenvalue weighted by atomic mass is 10.1. The van der Waals surface area contributed by atoms with Crippen LogP contribution in [0, 0.1) is 0 Å². The predicted molar refractivity (Wildman–Crippen MR) is 333 cm³/mol. The molecule has 0 aromatic carbocycles. The van der Waals surface area contributed by atoms with Gasteiger partial charge in [0.1, 0.15) is 6.61 Å². The van der Waals surface area contributed by atoms with Crippen LogP contribution in [0.25, 0.3) is 0 Å². The minimum Gasteiger partial charge on any atom is -0.462 e. The molecule has 1 N–H and O–H groups in total. The quantitative estimate of drug-likeness (QED) is 0.0373. The van der Waals surface area contributed by atoms with Gasteiger partial charge in [-0.1, -0.05) is 260 Å². The molecule has 0 heterocycles. The van der Waals surface area contributed by atoms with Gasteiger partial charge in [0.05, 0.1) is 6.61 Å². The van der Waals surface area contributed by atoms with Gasteiger partial charge in [0.15, 0.2) is 6.10 Å². The van der Waals surface area contributed by atoms with E-state index in [0.717, 1.165) is 154 Å². The highest BCUT2D eigenvalue weighted by molar-refractivity contribution is 5.70. The van der Waals surface area contributed by atoms with E-state index in [1.807, 2.05) is 0 Å². The molecule has 0 aromatic heterocycles. The summed E-state index contributed by atoms with van der Waals surface area (Å²) in [6.07, 6.45) is 103. The number of ether oxygens (including phenoxy) is 2. The number of hydrogen-bond acceptors (Lipinski definition) is 5. The molecule has 0 saturated carbocycles. The first-order chi connectivity index (χ1) is 37.6. The minimum atomic E-state index is -0.807. The van der Waals surface area contributed by atoms with Crippen LogP contribution in [0.4, 0.5) is 0 Å². The van der Waals surface area contributed by atoms with E-state index in [1.165, 1.54) is 38.5 Å². The molecule has 0 aromatic rings. The number of rotatable bonds is 52. The fraction of sp³-hybridized carbons (Fsp3) is 0.521. The topological polar surface area (TPSA) is 72.8 Å². The molecule has 0 bridgehead atoms. The van der Waals surface area contributed by atoms with E-state index in [4.69, 9.17) is 9.47 Å². The van der Waals surface area contributed by atoms with Gasteiger partial charge in [-0.3, -0.25) is 9.59 Å². The van der Waals surface area contributed by atoms with Crippen LogP contribution in [0.5, 0.6) is 0 Å². The van der Waals surface area contributed by atoms with Crippen molar-refractivity contribution in [3.05, 3.63) is 194 Å². The van der Waals surface area contributed by atoms with Crippen molar-refractivity contribution in [3.8, 4) is 0 Å². The van der Waals surface area contributed by atoms with E-state index in [9.17, 15) is 14.7 Å². The van der Waals surface area contributed by atoms with Crippen molar-refractivity contribution in [2.75, 3.05) is 13.2 Å². The Hall–Kier alpha value is -5.26. The molecular weight excluding hydrogens is 933 g/mol. The van der Waals surface area contributed by atoms with E-state index in [-0.39, 0.29) is 25.2 Å².